The number of rotatable bonds is 2. The first-order valence-electron chi connectivity index (χ1n) is 5.54. The van der Waals surface area contributed by atoms with Crippen molar-refractivity contribution in [3.05, 3.63) is 11.8 Å². The molecule has 0 radical (unpaired) electrons. The Labute approximate surface area is 85.3 Å². The Morgan fingerprint density at radius 1 is 1.36 bits per heavy atom. The Hall–Kier alpha value is -0.540. The molecule has 2 atom stereocenters. The van der Waals surface area contributed by atoms with Gasteiger partial charge in [0, 0.05) is 12.5 Å². The first-order chi connectivity index (χ1) is 6.88. The molecular formula is C11H19NO2. The van der Waals surface area contributed by atoms with Crippen LogP contribution in [0.25, 0.3) is 0 Å². The molecule has 0 aliphatic carbocycles. The van der Waals surface area contributed by atoms with E-state index in [4.69, 9.17) is 15.2 Å². The van der Waals surface area contributed by atoms with Gasteiger partial charge in [-0.2, -0.15) is 0 Å². The van der Waals surface area contributed by atoms with Crippen molar-refractivity contribution in [2.75, 3.05) is 19.8 Å². The minimum absolute atomic E-state index is 0.0515. The fraction of sp³-hybridized carbons (Fsp3) is 0.818. The van der Waals surface area contributed by atoms with Crippen LogP contribution in [0.3, 0.4) is 0 Å². The molecule has 2 rings (SSSR count). The van der Waals surface area contributed by atoms with Gasteiger partial charge in [-0.15, -0.1) is 0 Å². The van der Waals surface area contributed by atoms with Crippen LogP contribution >= 0.6 is 0 Å². The second-order valence-corrected chi connectivity index (χ2v) is 4.10. The van der Waals surface area contributed by atoms with E-state index in [9.17, 15) is 0 Å². The molecule has 0 spiro atoms. The van der Waals surface area contributed by atoms with Crippen LogP contribution in [-0.2, 0) is 9.47 Å². The number of allylic oxidation sites excluding steroid dienone is 1. The average Bonchev–Trinajstić information content (AvgIpc) is 2.30. The summed E-state index contributed by atoms with van der Waals surface area (Å²) in [6.07, 6.45) is 6.67. The van der Waals surface area contributed by atoms with Gasteiger partial charge in [0.2, 0.25) is 0 Å². The lowest BCUT2D eigenvalue weighted by Crippen LogP contribution is -2.38. The normalized spacial score (nSPS) is 30.4. The molecule has 80 valence electrons. The average molecular weight is 197 g/mol. The molecule has 2 N–H and O–H groups in total. The van der Waals surface area contributed by atoms with Gasteiger partial charge in [0.1, 0.15) is 5.76 Å². The second-order valence-electron chi connectivity index (χ2n) is 4.10. The lowest BCUT2D eigenvalue weighted by Gasteiger charge is -2.30. The summed E-state index contributed by atoms with van der Waals surface area (Å²) in [4.78, 5) is 0. The van der Waals surface area contributed by atoms with Crippen molar-refractivity contribution >= 4 is 0 Å². The zero-order valence-corrected chi connectivity index (χ0v) is 8.58. The maximum atomic E-state index is 6.15. The summed E-state index contributed by atoms with van der Waals surface area (Å²) in [6, 6.07) is 0.0515. The number of ether oxygens (including phenoxy) is 2. The van der Waals surface area contributed by atoms with Crippen molar-refractivity contribution in [2.45, 2.75) is 31.7 Å². The Morgan fingerprint density at radius 2 is 2.29 bits per heavy atom. The predicted octanol–water partition coefficient (Wildman–Crippen LogP) is 1.43. The molecular weight excluding hydrogens is 178 g/mol. The van der Waals surface area contributed by atoms with E-state index < -0.39 is 0 Å². The SMILES string of the molecule is NC(C1=CCCCO1)C1CCCOC1. The number of hydrogen-bond donors (Lipinski definition) is 1. The summed E-state index contributed by atoms with van der Waals surface area (Å²) in [6.45, 7) is 2.51. The van der Waals surface area contributed by atoms with Crippen LogP contribution < -0.4 is 5.73 Å². The zero-order chi connectivity index (χ0) is 9.80. The second kappa shape index (κ2) is 4.80. The van der Waals surface area contributed by atoms with Crippen LogP contribution in [0, 0.1) is 5.92 Å². The van der Waals surface area contributed by atoms with Gasteiger partial charge in [-0.3, -0.25) is 0 Å². The molecule has 1 fully saturated rings. The van der Waals surface area contributed by atoms with Crippen molar-refractivity contribution in [1.82, 2.24) is 0 Å². The third-order valence-corrected chi connectivity index (χ3v) is 2.99. The number of nitrogens with two attached hydrogens (primary N) is 1. The molecule has 14 heavy (non-hydrogen) atoms. The van der Waals surface area contributed by atoms with Crippen molar-refractivity contribution in [3.8, 4) is 0 Å². The Balaban J connectivity index is 1.91. The van der Waals surface area contributed by atoms with Gasteiger partial charge in [0.25, 0.3) is 0 Å². The van der Waals surface area contributed by atoms with E-state index in [1.807, 2.05) is 0 Å². The van der Waals surface area contributed by atoms with Crippen LogP contribution in [0.2, 0.25) is 0 Å². The van der Waals surface area contributed by atoms with Gasteiger partial charge in [-0.1, -0.05) is 0 Å². The van der Waals surface area contributed by atoms with Crippen LogP contribution in [0.5, 0.6) is 0 Å². The number of hydrogen-bond acceptors (Lipinski definition) is 3. The molecule has 0 amide bonds. The molecule has 2 aliphatic rings. The smallest absolute Gasteiger partial charge is 0.109 e. The molecule has 2 heterocycles. The Kier molecular flexibility index (Phi) is 3.43. The minimum atomic E-state index is 0.0515. The molecule has 0 saturated carbocycles. The third kappa shape index (κ3) is 2.28. The summed E-state index contributed by atoms with van der Waals surface area (Å²) in [7, 11) is 0. The summed E-state index contributed by atoms with van der Waals surface area (Å²) < 4.78 is 11.0. The topological polar surface area (TPSA) is 44.5 Å². The molecule has 2 unspecified atom stereocenters. The minimum Gasteiger partial charge on any atom is -0.497 e. The maximum absolute atomic E-state index is 6.15. The van der Waals surface area contributed by atoms with Crippen molar-refractivity contribution in [2.24, 2.45) is 11.7 Å². The van der Waals surface area contributed by atoms with E-state index >= 15 is 0 Å². The van der Waals surface area contributed by atoms with E-state index in [-0.39, 0.29) is 6.04 Å². The highest BCUT2D eigenvalue weighted by Crippen LogP contribution is 2.23. The first-order valence-corrected chi connectivity index (χ1v) is 5.54. The summed E-state index contributed by atoms with van der Waals surface area (Å²) >= 11 is 0. The summed E-state index contributed by atoms with van der Waals surface area (Å²) in [5.41, 5.74) is 6.15. The molecule has 0 bridgehead atoms. The lowest BCUT2D eigenvalue weighted by atomic mass is 9.92. The van der Waals surface area contributed by atoms with Crippen LogP contribution in [0.15, 0.2) is 11.8 Å². The highest BCUT2D eigenvalue weighted by atomic mass is 16.5. The highest BCUT2D eigenvalue weighted by molar-refractivity contribution is 5.06. The lowest BCUT2D eigenvalue weighted by molar-refractivity contribution is 0.0381. The van der Waals surface area contributed by atoms with Gasteiger partial charge in [0.15, 0.2) is 0 Å². The van der Waals surface area contributed by atoms with Gasteiger partial charge in [0.05, 0.1) is 19.3 Å². The van der Waals surface area contributed by atoms with Gasteiger partial charge >= 0.3 is 0 Å². The molecule has 0 aromatic rings. The molecule has 3 heteroatoms. The van der Waals surface area contributed by atoms with Gasteiger partial charge < -0.3 is 15.2 Å². The molecule has 1 saturated heterocycles. The third-order valence-electron chi connectivity index (χ3n) is 2.99. The van der Waals surface area contributed by atoms with Crippen LogP contribution in [0.1, 0.15) is 25.7 Å². The van der Waals surface area contributed by atoms with E-state index in [1.54, 1.807) is 0 Å². The van der Waals surface area contributed by atoms with Crippen molar-refractivity contribution in [3.63, 3.8) is 0 Å². The fourth-order valence-corrected chi connectivity index (χ4v) is 2.09. The van der Waals surface area contributed by atoms with E-state index in [0.29, 0.717) is 5.92 Å². The standard InChI is InChI=1S/C11H19NO2/c12-11(9-4-3-6-13-8-9)10-5-1-2-7-14-10/h5,9,11H,1-4,6-8,12H2. The van der Waals surface area contributed by atoms with E-state index in [2.05, 4.69) is 6.08 Å². The van der Waals surface area contributed by atoms with Crippen LogP contribution in [0.4, 0.5) is 0 Å². The maximum Gasteiger partial charge on any atom is 0.109 e. The molecule has 2 aliphatic heterocycles. The fourth-order valence-electron chi connectivity index (χ4n) is 2.09. The Bertz CT molecular complexity index is 209. The zero-order valence-electron chi connectivity index (χ0n) is 8.58. The molecule has 0 aromatic heterocycles. The Morgan fingerprint density at radius 3 is 2.93 bits per heavy atom. The van der Waals surface area contributed by atoms with Gasteiger partial charge in [-0.25, -0.2) is 0 Å². The largest absolute Gasteiger partial charge is 0.497 e. The van der Waals surface area contributed by atoms with E-state index in [1.165, 1.54) is 6.42 Å². The predicted molar refractivity (Wildman–Crippen MR) is 54.8 cm³/mol. The van der Waals surface area contributed by atoms with Crippen molar-refractivity contribution in [1.29, 1.82) is 0 Å². The summed E-state index contributed by atoms with van der Waals surface area (Å²) in [5.74, 6) is 1.44. The summed E-state index contributed by atoms with van der Waals surface area (Å²) in [5, 5.41) is 0. The van der Waals surface area contributed by atoms with Gasteiger partial charge in [-0.05, 0) is 31.8 Å². The molecule has 3 nitrogen and oxygen atoms in total. The van der Waals surface area contributed by atoms with E-state index in [0.717, 1.165) is 44.8 Å². The van der Waals surface area contributed by atoms with Crippen LogP contribution in [-0.4, -0.2) is 25.9 Å². The monoisotopic (exact) mass is 197 g/mol. The van der Waals surface area contributed by atoms with Crippen molar-refractivity contribution < 1.29 is 9.47 Å². The molecule has 0 aromatic carbocycles. The quantitative estimate of drug-likeness (QED) is 0.728. The first kappa shape index (κ1) is 9.99. The highest BCUT2D eigenvalue weighted by Gasteiger charge is 2.25.